The Hall–Kier alpha value is -0.220. The predicted molar refractivity (Wildman–Crippen MR) is 75.2 cm³/mol. The van der Waals surface area contributed by atoms with Gasteiger partial charge in [-0.3, -0.25) is 4.79 Å². The van der Waals surface area contributed by atoms with Crippen molar-refractivity contribution in [1.29, 1.82) is 0 Å². The summed E-state index contributed by atoms with van der Waals surface area (Å²) in [7, 11) is 0. The average molecular weight is 258 g/mol. The van der Waals surface area contributed by atoms with Gasteiger partial charge >= 0.3 is 0 Å². The van der Waals surface area contributed by atoms with E-state index >= 15 is 0 Å². The summed E-state index contributed by atoms with van der Waals surface area (Å²) in [6, 6.07) is 0.526. The summed E-state index contributed by atoms with van der Waals surface area (Å²) in [5.41, 5.74) is 5.00. The van der Waals surface area contributed by atoms with Gasteiger partial charge in [-0.05, 0) is 44.1 Å². The van der Waals surface area contributed by atoms with Crippen molar-refractivity contribution in [3.8, 4) is 0 Å². The van der Waals surface area contributed by atoms with Crippen molar-refractivity contribution >= 4 is 17.7 Å². The molecular weight excluding hydrogens is 232 g/mol. The fourth-order valence-electron chi connectivity index (χ4n) is 1.78. The van der Waals surface area contributed by atoms with Gasteiger partial charge in [0.15, 0.2) is 0 Å². The van der Waals surface area contributed by atoms with Gasteiger partial charge in [-0.1, -0.05) is 19.8 Å². The first-order chi connectivity index (χ1) is 8.08. The van der Waals surface area contributed by atoms with Crippen LogP contribution in [0.5, 0.6) is 0 Å². The predicted octanol–water partition coefficient (Wildman–Crippen LogP) is 2.30. The third-order valence-electron chi connectivity index (χ3n) is 3.28. The molecule has 0 aromatic carbocycles. The average Bonchev–Trinajstić information content (AvgIpc) is 3.07. The van der Waals surface area contributed by atoms with Gasteiger partial charge in [-0.25, -0.2) is 0 Å². The second kappa shape index (κ2) is 7.27. The number of nitrogens with one attached hydrogen (secondary N) is 1. The van der Waals surface area contributed by atoms with Crippen LogP contribution in [0, 0.1) is 0 Å². The first-order valence-electron chi connectivity index (χ1n) is 6.74. The standard InChI is InChI=1S/C13H26N2OS/c1-3-4-5-9-17-10-8-13(2,12(14)16)15-11-6-7-11/h11,15H,3-10H2,1-2H3,(H2,14,16). The van der Waals surface area contributed by atoms with Gasteiger partial charge in [-0.15, -0.1) is 0 Å². The topological polar surface area (TPSA) is 55.1 Å². The van der Waals surface area contributed by atoms with E-state index in [9.17, 15) is 4.79 Å². The summed E-state index contributed by atoms with van der Waals surface area (Å²) >= 11 is 1.94. The Kier molecular flexibility index (Phi) is 6.34. The third-order valence-corrected chi connectivity index (χ3v) is 4.35. The Morgan fingerprint density at radius 3 is 2.65 bits per heavy atom. The van der Waals surface area contributed by atoms with Crippen LogP contribution in [0.1, 0.15) is 52.4 Å². The molecule has 0 radical (unpaired) electrons. The van der Waals surface area contributed by atoms with Crippen molar-refractivity contribution < 1.29 is 4.79 Å². The number of amides is 1. The van der Waals surface area contributed by atoms with Crippen molar-refractivity contribution in [1.82, 2.24) is 5.32 Å². The van der Waals surface area contributed by atoms with Crippen molar-refractivity contribution in [3.05, 3.63) is 0 Å². The van der Waals surface area contributed by atoms with E-state index in [2.05, 4.69) is 12.2 Å². The second-order valence-corrected chi connectivity index (χ2v) is 6.41. The Morgan fingerprint density at radius 1 is 1.41 bits per heavy atom. The minimum Gasteiger partial charge on any atom is -0.368 e. The molecule has 4 heteroatoms. The van der Waals surface area contributed by atoms with Crippen molar-refractivity contribution in [2.45, 2.75) is 64.0 Å². The van der Waals surface area contributed by atoms with Crippen LogP contribution in [-0.2, 0) is 4.79 Å². The van der Waals surface area contributed by atoms with E-state index in [1.54, 1.807) is 0 Å². The number of unbranched alkanes of at least 4 members (excludes halogenated alkanes) is 2. The molecule has 1 aliphatic carbocycles. The molecule has 0 bridgehead atoms. The van der Waals surface area contributed by atoms with E-state index in [1.807, 2.05) is 18.7 Å². The molecule has 1 amide bonds. The molecule has 0 aromatic rings. The van der Waals surface area contributed by atoms with Gasteiger partial charge in [0.2, 0.25) is 5.91 Å². The van der Waals surface area contributed by atoms with E-state index in [0.29, 0.717) is 6.04 Å². The number of carbonyl (C=O) groups is 1. The summed E-state index contributed by atoms with van der Waals surface area (Å²) in [5.74, 6) is 2.01. The molecule has 0 aromatic heterocycles. The van der Waals surface area contributed by atoms with Gasteiger partial charge in [0.1, 0.15) is 0 Å². The maximum atomic E-state index is 11.5. The number of rotatable bonds is 10. The highest BCUT2D eigenvalue weighted by Gasteiger charge is 2.36. The van der Waals surface area contributed by atoms with Crippen LogP contribution >= 0.6 is 11.8 Å². The van der Waals surface area contributed by atoms with Crippen molar-refractivity contribution in [2.75, 3.05) is 11.5 Å². The van der Waals surface area contributed by atoms with E-state index in [-0.39, 0.29) is 5.91 Å². The summed E-state index contributed by atoms with van der Waals surface area (Å²) < 4.78 is 0. The Bertz CT molecular complexity index is 244. The van der Waals surface area contributed by atoms with Crippen molar-refractivity contribution in [3.63, 3.8) is 0 Å². The fraction of sp³-hybridized carbons (Fsp3) is 0.923. The zero-order chi connectivity index (χ0) is 12.7. The molecule has 0 aliphatic heterocycles. The molecule has 0 heterocycles. The number of nitrogens with two attached hydrogens (primary N) is 1. The minimum absolute atomic E-state index is 0.210. The van der Waals surface area contributed by atoms with Crippen LogP contribution in [0.25, 0.3) is 0 Å². The van der Waals surface area contributed by atoms with Gasteiger partial charge in [0.25, 0.3) is 0 Å². The first kappa shape index (κ1) is 14.8. The van der Waals surface area contributed by atoms with Gasteiger partial charge in [0.05, 0.1) is 5.54 Å². The van der Waals surface area contributed by atoms with Crippen LogP contribution in [0.15, 0.2) is 0 Å². The van der Waals surface area contributed by atoms with Gasteiger partial charge in [0, 0.05) is 6.04 Å². The molecule has 0 spiro atoms. The van der Waals surface area contributed by atoms with Crippen LogP contribution in [-0.4, -0.2) is 29.0 Å². The van der Waals surface area contributed by atoms with Crippen LogP contribution < -0.4 is 11.1 Å². The van der Waals surface area contributed by atoms with E-state index in [4.69, 9.17) is 5.73 Å². The van der Waals surface area contributed by atoms with Gasteiger partial charge in [-0.2, -0.15) is 11.8 Å². The molecule has 1 aliphatic rings. The lowest BCUT2D eigenvalue weighted by molar-refractivity contribution is -0.124. The minimum atomic E-state index is -0.501. The Morgan fingerprint density at radius 2 is 2.12 bits per heavy atom. The summed E-state index contributed by atoms with van der Waals surface area (Å²) in [6.45, 7) is 4.16. The fourth-order valence-corrected chi connectivity index (χ4v) is 2.94. The Labute approximate surface area is 109 Å². The Balaban J connectivity index is 2.17. The van der Waals surface area contributed by atoms with Crippen LogP contribution in [0.2, 0.25) is 0 Å². The number of thioether (sulfide) groups is 1. The molecule has 1 atom stereocenters. The number of carbonyl (C=O) groups excluding carboxylic acids is 1. The molecule has 100 valence electrons. The quantitative estimate of drug-likeness (QED) is 0.591. The molecule has 1 fully saturated rings. The maximum absolute atomic E-state index is 11.5. The molecule has 1 rings (SSSR count). The summed E-state index contributed by atoms with van der Waals surface area (Å²) in [4.78, 5) is 11.5. The normalized spacial score (nSPS) is 18.9. The molecule has 3 N–H and O–H groups in total. The number of primary amides is 1. The molecule has 17 heavy (non-hydrogen) atoms. The highest BCUT2D eigenvalue weighted by Crippen LogP contribution is 2.25. The zero-order valence-electron chi connectivity index (χ0n) is 11.1. The lowest BCUT2D eigenvalue weighted by Gasteiger charge is -2.27. The highest BCUT2D eigenvalue weighted by molar-refractivity contribution is 7.99. The lowest BCUT2D eigenvalue weighted by Crippen LogP contribution is -2.54. The van der Waals surface area contributed by atoms with Crippen LogP contribution in [0.3, 0.4) is 0 Å². The second-order valence-electron chi connectivity index (χ2n) is 5.18. The number of hydrogen-bond donors (Lipinski definition) is 2. The highest BCUT2D eigenvalue weighted by atomic mass is 32.2. The largest absolute Gasteiger partial charge is 0.368 e. The molecule has 1 unspecified atom stereocenters. The van der Waals surface area contributed by atoms with E-state index < -0.39 is 5.54 Å². The molecule has 1 saturated carbocycles. The van der Waals surface area contributed by atoms with E-state index in [1.165, 1.54) is 37.9 Å². The summed E-state index contributed by atoms with van der Waals surface area (Å²) in [5, 5.41) is 3.38. The van der Waals surface area contributed by atoms with Crippen molar-refractivity contribution in [2.24, 2.45) is 5.73 Å². The van der Waals surface area contributed by atoms with E-state index in [0.717, 1.165) is 12.2 Å². The first-order valence-corrected chi connectivity index (χ1v) is 7.89. The monoisotopic (exact) mass is 258 g/mol. The maximum Gasteiger partial charge on any atom is 0.237 e. The molecule has 3 nitrogen and oxygen atoms in total. The smallest absolute Gasteiger partial charge is 0.237 e. The summed E-state index contributed by atoms with van der Waals surface area (Å²) in [6.07, 6.45) is 7.07. The zero-order valence-corrected chi connectivity index (χ0v) is 11.9. The lowest BCUT2D eigenvalue weighted by atomic mass is 9.98. The third kappa shape index (κ3) is 5.77. The molecular formula is C13H26N2OS. The van der Waals surface area contributed by atoms with Crippen LogP contribution in [0.4, 0.5) is 0 Å². The SMILES string of the molecule is CCCCCSCCC(C)(NC1CC1)C(N)=O. The number of hydrogen-bond acceptors (Lipinski definition) is 3. The van der Waals surface area contributed by atoms with Gasteiger partial charge < -0.3 is 11.1 Å². The molecule has 0 saturated heterocycles.